The molecule has 0 aliphatic carbocycles. The Morgan fingerprint density at radius 2 is 2.00 bits per heavy atom. The Labute approximate surface area is 193 Å². The number of rotatable bonds is 6. The molecule has 1 aromatic heterocycles. The lowest BCUT2D eigenvalue weighted by atomic mass is 10.0. The van der Waals surface area contributed by atoms with Crippen LogP contribution in [0.5, 0.6) is 17.4 Å². The van der Waals surface area contributed by atoms with Crippen LogP contribution in [-0.2, 0) is 11.2 Å². The van der Waals surface area contributed by atoms with Crippen LogP contribution in [0, 0.1) is 6.92 Å². The Kier molecular flexibility index (Phi) is 6.21. The van der Waals surface area contributed by atoms with E-state index in [1.54, 1.807) is 43.3 Å². The molecule has 2 aromatic carbocycles. The molecule has 0 atom stereocenters. The predicted octanol–water partition coefficient (Wildman–Crippen LogP) is 5.45. The second-order valence-corrected chi connectivity index (χ2v) is 7.87. The summed E-state index contributed by atoms with van der Waals surface area (Å²) in [5, 5.41) is 4.57. The SMILES string of the molecule is COc1cc(CCC(=O)Oc2cc(C)c3c(c2)O/C(=C\c2ccc(Cl)cc2Cl)C3=O)on1. The normalized spacial score (nSPS) is 13.8. The molecule has 9 heteroatoms. The lowest BCUT2D eigenvalue weighted by Crippen LogP contribution is -2.09. The molecule has 0 spiro atoms. The van der Waals surface area contributed by atoms with E-state index in [1.807, 2.05) is 0 Å². The van der Waals surface area contributed by atoms with Gasteiger partial charge in [-0.15, -0.1) is 0 Å². The second kappa shape index (κ2) is 9.06. The number of nitrogens with zero attached hydrogens (tertiary/aromatic N) is 1. The van der Waals surface area contributed by atoms with Crippen molar-refractivity contribution in [2.45, 2.75) is 19.8 Å². The minimum atomic E-state index is -0.465. The number of halogens is 2. The average molecular weight is 474 g/mol. The number of aryl methyl sites for hydroxylation is 2. The molecule has 0 N–H and O–H groups in total. The molecular formula is C23H17Cl2NO6. The smallest absolute Gasteiger partial charge is 0.311 e. The van der Waals surface area contributed by atoms with E-state index in [-0.39, 0.29) is 23.7 Å². The summed E-state index contributed by atoms with van der Waals surface area (Å²) in [5.74, 6) is 0.819. The van der Waals surface area contributed by atoms with Crippen LogP contribution in [0.1, 0.15) is 33.7 Å². The highest BCUT2D eigenvalue weighted by atomic mass is 35.5. The van der Waals surface area contributed by atoms with Crippen molar-refractivity contribution in [1.29, 1.82) is 0 Å². The van der Waals surface area contributed by atoms with E-state index in [2.05, 4.69) is 5.16 Å². The van der Waals surface area contributed by atoms with Crippen molar-refractivity contribution in [1.82, 2.24) is 5.16 Å². The van der Waals surface area contributed by atoms with Gasteiger partial charge in [0, 0.05) is 28.6 Å². The van der Waals surface area contributed by atoms with Crippen molar-refractivity contribution in [3.05, 3.63) is 74.7 Å². The number of allylic oxidation sites excluding steroid dienone is 1. The topological polar surface area (TPSA) is 87.9 Å². The summed E-state index contributed by atoms with van der Waals surface area (Å²) < 4.78 is 21.2. The highest BCUT2D eigenvalue weighted by molar-refractivity contribution is 6.35. The summed E-state index contributed by atoms with van der Waals surface area (Å²) >= 11 is 12.1. The summed E-state index contributed by atoms with van der Waals surface area (Å²) in [7, 11) is 1.48. The Morgan fingerprint density at radius 1 is 1.19 bits per heavy atom. The Morgan fingerprint density at radius 3 is 2.72 bits per heavy atom. The van der Waals surface area contributed by atoms with Gasteiger partial charge in [0.05, 0.1) is 19.1 Å². The largest absolute Gasteiger partial charge is 0.479 e. The molecular weight excluding hydrogens is 457 g/mol. The number of benzene rings is 2. The van der Waals surface area contributed by atoms with E-state index in [4.69, 9.17) is 41.9 Å². The van der Waals surface area contributed by atoms with Crippen molar-refractivity contribution in [3.63, 3.8) is 0 Å². The summed E-state index contributed by atoms with van der Waals surface area (Å²) in [4.78, 5) is 25.1. The van der Waals surface area contributed by atoms with E-state index < -0.39 is 5.97 Å². The molecule has 1 aliphatic rings. The zero-order valence-corrected chi connectivity index (χ0v) is 18.6. The molecule has 0 unspecified atom stereocenters. The van der Waals surface area contributed by atoms with Gasteiger partial charge < -0.3 is 18.7 Å². The van der Waals surface area contributed by atoms with Crippen molar-refractivity contribution >= 4 is 41.0 Å². The first-order valence-corrected chi connectivity index (χ1v) is 10.3. The van der Waals surface area contributed by atoms with Crippen LogP contribution in [0.2, 0.25) is 10.0 Å². The summed E-state index contributed by atoms with van der Waals surface area (Å²) in [6, 6.07) is 9.69. The number of carbonyl (C=O) groups is 2. The van der Waals surface area contributed by atoms with Gasteiger partial charge in [-0.1, -0.05) is 29.3 Å². The van der Waals surface area contributed by atoms with Crippen LogP contribution in [-0.4, -0.2) is 24.0 Å². The molecule has 0 saturated heterocycles. The quantitative estimate of drug-likeness (QED) is 0.267. The van der Waals surface area contributed by atoms with Gasteiger partial charge in [-0.05, 0) is 47.5 Å². The van der Waals surface area contributed by atoms with Crippen molar-refractivity contribution < 1.29 is 28.3 Å². The van der Waals surface area contributed by atoms with Crippen molar-refractivity contribution in [2.24, 2.45) is 0 Å². The molecule has 0 radical (unpaired) electrons. The fourth-order valence-electron chi connectivity index (χ4n) is 3.21. The van der Waals surface area contributed by atoms with E-state index in [0.717, 1.165) is 0 Å². The predicted molar refractivity (Wildman–Crippen MR) is 118 cm³/mol. The molecule has 4 rings (SSSR count). The van der Waals surface area contributed by atoms with Gasteiger partial charge in [-0.25, -0.2) is 0 Å². The highest BCUT2D eigenvalue weighted by Gasteiger charge is 2.30. The molecule has 1 aliphatic heterocycles. The number of ketones is 1. The fraction of sp³-hybridized carbons (Fsp3) is 0.174. The Bertz CT molecular complexity index is 1250. The third-order valence-electron chi connectivity index (χ3n) is 4.75. The molecule has 2 heterocycles. The average Bonchev–Trinajstić information content (AvgIpc) is 3.33. The maximum absolute atomic E-state index is 12.8. The zero-order valence-electron chi connectivity index (χ0n) is 17.1. The first-order chi connectivity index (χ1) is 15.3. The number of hydrogen-bond donors (Lipinski definition) is 0. The number of methoxy groups -OCH3 is 1. The van der Waals surface area contributed by atoms with Gasteiger partial charge in [0.25, 0.3) is 5.88 Å². The molecule has 32 heavy (non-hydrogen) atoms. The Hall–Kier alpha value is -3.29. The number of carbonyl (C=O) groups excluding carboxylic acids is 2. The number of hydrogen-bond acceptors (Lipinski definition) is 7. The molecule has 0 fully saturated rings. The van der Waals surface area contributed by atoms with Gasteiger partial charge >= 0.3 is 5.97 Å². The van der Waals surface area contributed by atoms with Gasteiger partial charge in [0.2, 0.25) is 5.78 Å². The number of Topliss-reactive ketones (excluding diaryl/α,β-unsaturated/α-hetero) is 1. The molecule has 7 nitrogen and oxygen atoms in total. The van der Waals surface area contributed by atoms with Crippen LogP contribution in [0.4, 0.5) is 0 Å². The third-order valence-corrected chi connectivity index (χ3v) is 5.31. The highest BCUT2D eigenvalue weighted by Crippen LogP contribution is 2.38. The second-order valence-electron chi connectivity index (χ2n) is 7.03. The maximum atomic E-state index is 12.8. The van der Waals surface area contributed by atoms with Gasteiger partial charge in [0.1, 0.15) is 17.3 Å². The van der Waals surface area contributed by atoms with Crippen molar-refractivity contribution in [3.8, 4) is 17.4 Å². The lowest BCUT2D eigenvalue weighted by Gasteiger charge is -2.07. The molecule has 0 bridgehead atoms. The zero-order chi connectivity index (χ0) is 22.8. The summed E-state index contributed by atoms with van der Waals surface area (Å²) in [5.41, 5.74) is 1.64. The number of ether oxygens (including phenoxy) is 3. The molecule has 0 amide bonds. The van der Waals surface area contributed by atoms with Crippen LogP contribution < -0.4 is 14.2 Å². The van der Waals surface area contributed by atoms with E-state index in [0.29, 0.717) is 50.5 Å². The van der Waals surface area contributed by atoms with E-state index in [9.17, 15) is 9.59 Å². The molecule has 164 valence electrons. The summed E-state index contributed by atoms with van der Waals surface area (Å²) in [6.07, 6.45) is 1.94. The monoisotopic (exact) mass is 473 g/mol. The number of fused-ring (bicyclic) bond motifs is 1. The lowest BCUT2D eigenvalue weighted by molar-refractivity contribution is -0.134. The van der Waals surface area contributed by atoms with Gasteiger partial charge in [-0.2, -0.15) is 0 Å². The fourth-order valence-corrected chi connectivity index (χ4v) is 3.67. The van der Waals surface area contributed by atoms with Gasteiger partial charge in [0.15, 0.2) is 5.76 Å². The van der Waals surface area contributed by atoms with E-state index in [1.165, 1.54) is 13.2 Å². The third kappa shape index (κ3) is 4.64. The number of aromatic nitrogens is 1. The minimum Gasteiger partial charge on any atom is -0.479 e. The van der Waals surface area contributed by atoms with Gasteiger partial charge in [-0.3, -0.25) is 9.59 Å². The standard InChI is InChI=1S/C23H17Cl2NO6/c1-12-7-16(30-21(27)6-5-15-11-20(29-2)26-32-15)10-18-22(12)23(28)19(31-18)8-13-3-4-14(24)9-17(13)25/h3-4,7-11H,5-6H2,1-2H3/b19-8-. The van der Waals surface area contributed by atoms with Crippen LogP contribution in [0.15, 0.2) is 46.7 Å². The molecule has 0 saturated carbocycles. The summed E-state index contributed by atoms with van der Waals surface area (Å²) in [6.45, 7) is 1.75. The Balaban J connectivity index is 1.48. The minimum absolute atomic E-state index is 0.0779. The van der Waals surface area contributed by atoms with Crippen LogP contribution >= 0.6 is 23.2 Å². The van der Waals surface area contributed by atoms with Crippen LogP contribution in [0.3, 0.4) is 0 Å². The maximum Gasteiger partial charge on any atom is 0.311 e. The van der Waals surface area contributed by atoms with Crippen molar-refractivity contribution in [2.75, 3.05) is 7.11 Å². The van der Waals surface area contributed by atoms with E-state index >= 15 is 0 Å². The molecule has 3 aromatic rings. The number of esters is 1. The van der Waals surface area contributed by atoms with Crippen LogP contribution in [0.25, 0.3) is 6.08 Å². The first-order valence-electron chi connectivity index (χ1n) is 9.58. The first kappa shape index (κ1) is 21.9.